The summed E-state index contributed by atoms with van der Waals surface area (Å²) < 4.78 is 42.3. The van der Waals surface area contributed by atoms with Crippen molar-refractivity contribution in [3.8, 4) is 6.07 Å². The maximum absolute atomic E-state index is 14.5. The third-order valence-corrected chi connectivity index (χ3v) is 8.07. The number of carbonyl (C=O) groups is 3. The van der Waals surface area contributed by atoms with Crippen LogP contribution in [0.2, 0.25) is 0 Å². The van der Waals surface area contributed by atoms with Crippen LogP contribution in [-0.2, 0) is 14.4 Å². The molecule has 210 valence electrons. The Hall–Kier alpha value is -3.99. The Morgan fingerprint density at radius 1 is 1.15 bits per heavy atom. The lowest BCUT2D eigenvalue weighted by atomic mass is 9.87. The fourth-order valence-electron chi connectivity index (χ4n) is 5.15. The van der Waals surface area contributed by atoms with Gasteiger partial charge < -0.3 is 5.32 Å². The summed E-state index contributed by atoms with van der Waals surface area (Å²) in [6.07, 6.45) is 0.371. The summed E-state index contributed by atoms with van der Waals surface area (Å²) in [7, 11) is 0. The van der Waals surface area contributed by atoms with Crippen molar-refractivity contribution < 1.29 is 27.6 Å². The van der Waals surface area contributed by atoms with E-state index in [1.165, 1.54) is 41.4 Å². The van der Waals surface area contributed by atoms with Gasteiger partial charge in [-0.3, -0.25) is 24.2 Å². The molecule has 2 atom stereocenters. The summed E-state index contributed by atoms with van der Waals surface area (Å²) in [4.78, 5) is 47.8. The minimum atomic E-state index is -2.89. The number of nitrogens with zero attached hydrogens (tertiary/aromatic N) is 4. The molecule has 2 heterocycles. The number of halogens is 4. The van der Waals surface area contributed by atoms with E-state index in [9.17, 15) is 32.8 Å². The smallest absolute Gasteiger partial charge is 0.252 e. The van der Waals surface area contributed by atoms with Gasteiger partial charge in [0, 0.05) is 40.8 Å². The van der Waals surface area contributed by atoms with E-state index in [1.54, 1.807) is 24.3 Å². The number of nitrogens with one attached hydrogen (secondary N) is 1. The highest BCUT2D eigenvalue weighted by atomic mass is 127. The van der Waals surface area contributed by atoms with E-state index in [0.717, 1.165) is 11.0 Å². The van der Waals surface area contributed by atoms with Gasteiger partial charge in [0.2, 0.25) is 11.8 Å². The summed E-state index contributed by atoms with van der Waals surface area (Å²) in [5, 5.41) is 12.0. The van der Waals surface area contributed by atoms with Gasteiger partial charge in [-0.05, 0) is 71.0 Å². The average Bonchev–Trinajstić information content (AvgIpc) is 3.32. The minimum Gasteiger partial charge on any atom is -0.351 e. The third-order valence-electron chi connectivity index (χ3n) is 7.09. The first-order chi connectivity index (χ1) is 19.6. The summed E-state index contributed by atoms with van der Waals surface area (Å²) in [5.74, 6) is -5.27. The molecule has 1 saturated heterocycles. The molecular weight excluding hydrogens is 650 g/mol. The van der Waals surface area contributed by atoms with Crippen molar-refractivity contribution in [2.75, 3.05) is 9.80 Å². The SMILES string of the molecule is N#Cc1ccnc(N2C(=O)CC[C@H]2C(=O)N(c2cccc(F)c2)[C@H](C(=O)NC2CC(F)(F)C2)c2ccccc2I)c1. The van der Waals surface area contributed by atoms with Crippen LogP contribution < -0.4 is 15.1 Å². The lowest BCUT2D eigenvalue weighted by Crippen LogP contribution is -2.56. The zero-order chi connectivity index (χ0) is 29.3. The molecule has 1 aliphatic carbocycles. The summed E-state index contributed by atoms with van der Waals surface area (Å²) >= 11 is 2.01. The van der Waals surface area contributed by atoms with Crippen LogP contribution in [0.25, 0.3) is 0 Å². The Morgan fingerprint density at radius 3 is 2.59 bits per heavy atom. The molecule has 0 bridgehead atoms. The molecule has 0 radical (unpaired) electrons. The zero-order valence-corrected chi connectivity index (χ0v) is 23.6. The summed E-state index contributed by atoms with van der Waals surface area (Å²) in [6, 6.07) is 13.4. The molecule has 41 heavy (non-hydrogen) atoms. The van der Waals surface area contributed by atoms with Crippen LogP contribution in [-0.4, -0.2) is 40.7 Å². The zero-order valence-electron chi connectivity index (χ0n) is 21.4. The van der Waals surface area contributed by atoms with Gasteiger partial charge in [0.25, 0.3) is 11.8 Å². The van der Waals surface area contributed by atoms with E-state index in [4.69, 9.17) is 0 Å². The molecule has 3 amide bonds. The average molecular weight is 673 g/mol. The quantitative estimate of drug-likeness (QED) is 0.360. The second-order valence-corrected chi connectivity index (χ2v) is 11.1. The Kier molecular flexibility index (Phi) is 7.99. The van der Waals surface area contributed by atoms with Crippen LogP contribution >= 0.6 is 22.6 Å². The van der Waals surface area contributed by atoms with Gasteiger partial charge in [-0.15, -0.1) is 0 Å². The van der Waals surface area contributed by atoms with Gasteiger partial charge in [-0.2, -0.15) is 5.26 Å². The molecule has 3 aromatic rings. The molecule has 1 saturated carbocycles. The molecule has 1 N–H and O–H groups in total. The number of hydrogen-bond donors (Lipinski definition) is 1. The number of amides is 3. The standard InChI is InChI=1S/C29H23F3IN5O3/c30-18-4-3-5-20(13-18)37(28(41)23-8-9-25(39)38(23)24-12-17(16-34)10-11-35-24)26(21-6-1-2-7-22(21)33)27(40)36-19-14-29(31,32)15-19/h1-7,10-13,19,23,26H,8-9,14-15H2,(H,36,40)/t23-,26-/m0/s1. The number of benzene rings is 2. The van der Waals surface area contributed by atoms with Crippen LogP contribution in [0.5, 0.6) is 0 Å². The molecule has 8 nitrogen and oxygen atoms in total. The number of hydrogen-bond acceptors (Lipinski definition) is 5. The van der Waals surface area contributed by atoms with Crippen molar-refractivity contribution in [1.29, 1.82) is 5.26 Å². The highest BCUT2D eigenvalue weighted by Crippen LogP contribution is 2.39. The van der Waals surface area contributed by atoms with Crippen molar-refractivity contribution in [1.82, 2.24) is 10.3 Å². The minimum absolute atomic E-state index is 0.00273. The first-order valence-electron chi connectivity index (χ1n) is 12.8. The number of pyridine rings is 1. The fourth-order valence-corrected chi connectivity index (χ4v) is 5.83. The number of alkyl halides is 2. The van der Waals surface area contributed by atoms with E-state index in [2.05, 4.69) is 10.3 Å². The number of nitriles is 1. The number of aromatic nitrogens is 1. The number of anilines is 2. The highest BCUT2D eigenvalue weighted by Gasteiger charge is 2.48. The topological polar surface area (TPSA) is 106 Å². The van der Waals surface area contributed by atoms with E-state index < -0.39 is 60.4 Å². The largest absolute Gasteiger partial charge is 0.351 e. The van der Waals surface area contributed by atoms with Crippen molar-refractivity contribution in [3.63, 3.8) is 0 Å². The molecule has 1 aliphatic heterocycles. The molecule has 1 aromatic heterocycles. The molecule has 0 unspecified atom stereocenters. The van der Waals surface area contributed by atoms with E-state index in [-0.39, 0.29) is 29.9 Å². The first-order valence-corrected chi connectivity index (χ1v) is 13.9. The van der Waals surface area contributed by atoms with Gasteiger partial charge >= 0.3 is 0 Å². The van der Waals surface area contributed by atoms with Gasteiger partial charge in [0.05, 0.1) is 11.6 Å². The van der Waals surface area contributed by atoms with Crippen LogP contribution in [0.4, 0.5) is 24.7 Å². The molecule has 5 rings (SSSR count). The summed E-state index contributed by atoms with van der Waals surface area (Å²) in [6.45, 7) is 0. The van der Waals surface area contributed by atoms with E-state index in [1.807, 2.05) is 28.7 Å². The normalized spacial score (nSPS) is 18.8. The Morgan fingerprint density at radius 2 is 1.90 bits per heavy atom. The van der Waals surface area contributed by atoms with Crippen LogP contribution in [0.3, 0.4) is 0 Å². The summed E-state index contributed by atoms with van der Waals surface area (Å²) in [5.41, 5.74) is 0.679. The molecule has 2 aliphatic rings. The molecular formula is C29H23F3IN5O3. The number of rotatable bonds is 7. The Balaban J connectivity index is 1.61. The maximum atomic E-state index is 14.5. The third kappa shape index (κ3) is 5.90. The van der Waals surface area contributed by atoms with Crippen LogP contribution in [0, 0.1) is 20.7 Å². The second kappa shape index (κ2) is 11.5. The fraction of sp³-hybridized carbons (Fsp3) is 0.276. The molecule has 2 aromatic carbocycles. The van der Waals surface area contributed by atoms with Crippen LogP contribution in [0.15, 0.2) is 66.9 Å². The lowest BCUT2D eigenvalue weighted by molar-refractivity contribution is -0.133. The lowest BCUT2D eigenvalue weighted by Gasteiger charge is -2.39. The van der Waals surface area contributed by atoms with Gasteiger partial charge in [-0.1, -0.05) is 24.3 Å². The highest BCUT2D eigenvalue weighted by molar-refractivity contribution is 14.1. The first kappa shape index (κ1) is 28.5. The predicted octanol–water partition coefficient (Wildman–Crippen LogP) is 4.88. The molecule has 12 heteroatoms. The molecule has 2 fully saturated rings. The maximum Gasteiger partial charge on any atom is 0.252 e. The van der Waals surface area contributed by atoms with Crippen molar-refractivity contribution >= 4 is 51.8 Å². The monoisotopic (exact) mass is 673 g/mol. The van der Waals surface area contributed by atoms with Crippen molar-refractivity contribution in [2.24, 2.45) is 0 Å². The second-order valence-electron chi connectivity index (χ2n) is 9.91. The van der Waals surface area contributed by atoms with Gasteiger partial charge in [0.15, 0.2) is 0 Å². The van der Waals surface area contributed by atoms with Crippen molar-refractivity contribution in [3.05, 3.63) is 87.4 Å². The van der Waals surface area contributed by atoms with Crippen molar-refractivity contribution in [2.45, 2.75) is 49.7 Å². The van der Waals surface area contributed by atoms with E-state index in [0.29, 0.717) is 9.13 Å². The van der Waals surface area contributed by atoms with Gasteiger partial charge in [0.1, 0.15) is 23.7 Å². The number of carbonyl (C=O) groups excluding carboxylic acids is 3. The van der Waals surface area contributed by atoms with Gasteiger partial charge in [-0.25, -0.2) is 18.2 Å². The Bertz CT molecular complexity index is 1550. The van der Waals surface area contributed by atoms with Crippen LogP contribution in [0.1, 0.15) is 42.9 Å². The predicted molar refractivity (Wildman–Crippen MR) is 151 cm³/mol. The molecule has 0 spiro atoms. The Labute approximate surface area is 247 Å². The van der Waals surface area contributed by atoms with E-state index >= 15 is 0 Å².